The molecule has 0 radical (unpaired) electrons. The van der Waals surface area contributed by atoms with E-state index < -0.39 is 0 Å². The Hall–Kier alpha value is -3.66. The van der Waals surface area contributed by atoms with Gasteiger partial charge in [-0.15, -0.1) is 16.8 Å². The SMILES string of the molecule is C=CCn1c(SCC(=O)Nc2ccc(OC)cc2OC)nnc1-c1ccc(OC)c(OC)c1. The maximum absolute atomic E-state index is 12.6. The van der Waals surface area contributed by atoms with Crippen molar-refractivity contribution in [3.63, 3.8) is 0 Å². The Morgan fingerprint density at radius 3 is 2.42 bits per heavy atom. The lowest BCUT2D eigenvalue weighted by atomic mass is 10.2. The van der Waals surface area contributed by atoms with Gasteiger partial charge in [0.15, 0.2) is 22.5 Å². The largest absolute Gasteiger partial charge is 0.497 e. The molecule has 1 amide bonds. The Balaban J connectivity index is 1.76. The summed E-state index contributed by atoms with van der Waals surface area (Å²) in [5.74, 6) is 2.93. The Kier molecular flexibility index (Phi) is 8.20. The fourth-order valence-corrected chi connectivity index (χ4v) is 3.84. The van der Waals surface area contributed by atoms with Crippen LogP contribution in [0.5, 0.6) is 23.0 Å². The van der Waals surface area contributed by atoms with Crippen molar-refractivity contribution < 1.29 is 23.7 Å². The summed E-state index contributed by atoms with van der Waals surface area (Å²) in [5, 5.41) is 12.1. The number of nitrogens with zero attached hydrogens (tertiary/aromatic N) is 3. The number of hydrogen-bond acceptors (Lipinski definition) is 8. The highest BCUT2D eigenvalue weighted by Crippen LogP contribution is 2.33. The van der Waals surface area contributed by atoms with Gasteiger partial charge in [-0.05, 0) is 30.3 Å². The maximum atomic E-state index is 12.6. The molecule has 0 saturated carbocycles. The summed E-state index contributed by atoms with van der Waals surface area (Å²) in [4.78, 5) is 12.6. The fraction of sp³-hybridized carbons (Fsp3) is 0.261. The Morgan fingerprint density at radius 1 is 1.00 bits per heavy atom. The third-order valence-corrected chi connectivity index (χ3v) is 5.65. The third-order valence-electron chi connectivity index (χ3n) is 4.69. The smallest absolute Gasteiger partial charge is 0.234 e. The molecule has 0 aliphatic heterocycles. The third kappa shape index (κ3) is 5.58. The summed E-state index contributed by atoms with van der Waals surface area (Å²) in [7, 11) is 6.26. The molecule has 174 valence electrons. The lowest BCUT2D eigenvalue weighted by molar-refractivity contribution is -0.113. The van der Waals surface area contributed by atoms with E-state index in [4.69, 9.17) is 18.9 Å². The van der Waals surface area contributed by atoms with E-state index in [9.17, 15) is 4.79 Å². The molecule has 1 N–H and O–H groups in total. The van der Waals surface area contributed by atoms with E-state index in [1.54, 1.807) is 45.6 Å². The van der Waals surface area contributed by atoms with Crippen LogP contribution in [-0.4, -0.2) is 54.9 Å². The van der Waals surface area contributed by atoms with Crippen molar-refractivity contribution >= 4 is 23.4 Å². The molecule has 0 spiro atoms. The molecule has 0 bridgehead atoms. The topological polar surface area (TPSA) is 96.7 Å². The number of carbonyl (C=O) groups excluding carboxylic acids is 1. The number of benzene rings is 2. The second-order valence-corrected chi connectivity index (χ2v) is 7.62. The molecule has 2 aromatic carbocycles. The van der Waals surface area contributed by atoms with Gasteiger partial charge in [-0.3, -0.25) is 9.36 Å². The number of amides is 1. The zero-order valence-electron chi connectivity index (χ0n) is 19.0. The molecule has 3 aromatic rings. The summed E-state index contributed by atoms with van der Waals surface area (Å²) in [6.45, 7) is 4.30. The summed E-state index contributed by atoms with van der Waals surface area (Å²) < 4.78 is 23.1. The minimum Gasteiger partial charge on any atom is -0.497 e. The Bertz CT molecular complexity index is 1130. The maximum Gasteiger partial charge on any atom is 0.234 e. The number of thioether (sulfide) groups is 1. The van der Waals surface area contributed by atoms with Gasteiger partial charge in [-0.1, -0.05) is 17.8 Å². The standard InChI is InChI=1S/C23H26N4O5S/c1-6-11-27-22(15-7-10-18(30-3)20(12-15)32-5)25-26-23(27)33-14-21(28)24-17-9-8-16(29-2)13-19(17)31-4/h6-10,12-13H,1,11,14H2,2-5H3,(H,24,28). The monoisotopic (exact) mass is 470 g/mol. The minimum atomic E-state index is -0.204. The van der Waals surface area contributed by atoms with Crippen LogP contribution in [-0.2, 0) is 11.3 Å². The number of hydrogen-bond donors (Lipinski definition) is 1. The molecule has 33 heavy (non-hydrogen) atoms. The van der Waals surface area contributed by atoms with Crippen LogP contribution in [0.2, 0.25) is 0 Å². The van der Waals surface area contributed by atoms with Crippen LogP contribution in [0.25, 0.3) is 11.4 Å². The number of allylic oxidation sites excluding steroid dienone is 1. The fourth-order valence-electron chi connectivity index (χ4n) is 3.10. The lowest BCUT2D eigenvalue weighted by Gasteiger charge is -2.12. The first kappa shape index (κ1) is 24.0. The van der Waals surface area contributed by atoms with Gasteiger partial charge in [0.2, 0.25) is 5.91 Å². The van der Waals surface area contributed by atoms with Crippen molar-refractivity contribution in [2.45, 2.75) is 11.7 Å². The molecule has 1 heterocycles. The number of aromatic nitrogens is 3. The average molecular weight is 471 g/mol. The van der Waals surface area contributed by atoms with Crippen LogP contribution in [0.3, 0.4) is 0 Å². The van der Waals surface area contributed by atoms with Crippen molar-refractivity contribution in [3.8, 4) is 34.4 Å². The van der Waals surface area contributed by atoms with Crippen molar-refractivity contribution in [2.75, 3.05) is 39.5 Å². The summed E-state index contributed by atoms with van der Waals surface area (Å²) in [5.41, 5.74) is 1.36. The number of methoxy groups -OCH3 is 4. The van der Waals surface area contributed by atoms with E-state index in [0.717, 1.165) is 5.56 Å². The van der Waals surface area contributed by atoms with Crippen molar-refractivity contribution in [2.24, 2.45) is 0 Å². The van der Waals surface area contributed by atoms with E-state index in [1.165, 1.54) is 18.9 Å². The van der Waals surface area contributed by atoms with Gasteiger partial charge in [0, 0.05) is 18.2 Å². The van der Waals surface area contributed by atoms with Gasteiger partial charge < -0.3 is 24.3 Å². The van der Waals surface area contributed by atoms with Gasteiger partial charge in [-0.2, -0.15) is 0 Å². The van der Waals surface area contributed by atoms with E-state index in [0.29, 0.717) is 46.2 Å². The van der Waals surface area contributed by atoms with Gasteiger partial charge in [0.25, 0.3) is 0 Å². The van der Waals surface area contributed by atoms with Gasteiger partial charge in [-0.25, -0.2) is 0 Å². The lowest BCUT2D eigenvalue weighted by Crippen LogP contribution is -2.15. The highest BCUT2D eigenvalue weighted by molar-refractivity contribution is 7.99. The quantitative estimate of drug-likeness (QED) is 0.333. The predicted octanol–water partition coefficient (Wildman–Crippen LogP) is 3.90. The zero-order chi connectivity index (χ0) is 23.8. The summed E-state index contributed by atoms with van der Waals surface area (Å²) in [6.07, 6.45) is 1.75. The molecule has 0 aliphatic rings. The highest BCUT2D eigenvalue weighted by Gasteiger charge is 2.17. The number of ether oxygens (including phenoxy) is 4. The van der Waals surface area contributed by atoms with Crippen molar-refractivity contribution in [3.05, 3.63) is 49.1 Å². The molecular weight excluding hydrogens is 444 g/mol. The number of rotatable bonds is 11. The number of nitrogens with one attached hydrogen (secondary N) is 1. The van der Waals surface area contributed by atoms with Crippen LogP contribution >= 0.6 is 11.8 Å². The molecule has 0 saturated heterocycles. The van der Waals surface area contributed by atoms with Crippen LogP contribution in [0, 0.1) is 0 Å². The van der Waals surface area contributed by atoms with Crippen LogP contribution in [0.15, 0.2) is 54.2 Å². The average Bonchev–Trinajstić information content (AvgIpc) is 3.25. The van der Waals surface area contributed by atoms with E-state index >= 15 is 0 Å². The molecule has 9 nitrogen and oxygen atoms in total. The first-order valence-corrected chi connectivity index (χ1v) is 10.9. The van der Waals surface area contributed by atoms with Gasteiger partial charge >= 0.3 is 0 Å². The summed E-state index contributed by atoms with van der Waals surface area (Å²) >= 11 is 1.28. The van der Waals surface area contributed by atoms with E-state index in [2.05, 4.69) is 22.1 Å². The number of carbonyl (C=O) groups is 1. The Morgan fingerprint density at radius 2 is 1.76 bits per heavy atom. The minimum absolute atomic E-state index is 0.135. The second kappa shape index (κ2) is 11.3. The normalized spacial score (nSPS) is 10.4. The Labute approximate surface area is 196 Å². The molecule has 0 atom stereocenters. The van der Waals surface area contributed by atoms with Crippen molar-refractivity contribution in [1.82, 2.24) is 14.8 Å². The van der Waals surface area contributed by atoms with Crippen LogP contribution in [0.4, 0.5) is 5.69 Å². The van der Waals surface area contributed by atoms with Crippen LogP contribution in [0.1, 0.15) is 0 Å². The molecule has 0 fully saturated rings. The van der Waals surface area contributed by atoms with Gasteiger partial charge in [0.05, 0.1) is 39.9 Å². The molecule has 0 unspecified atom stereocenters. The van der Waals surface area contributed by atoms with Gasteiger partial charge in [0.1, 0.15) is 11.5 Å². The molecule has 3 rings (SSSR count). The molecule has 0 aliphatic carbocycles. The van der Waals surface area contributed by atoms with Crippen LogP contribution < -0.4 is 24.3 Å². The first-order chi connectivity index (χ1) is 16.0. The number of anilines is 1. The van der Waals surface area contributed by atoms with E-state index in [-0.39, 0.29) is 11.7 Å². The van der Waals surface area contributed by atoms with Crippen molar-refractivity contribution in [1.29, 1.82) is 0 Å². The van der Waals surface area contributed by atoms with E-state index in [1.807, 2.05) is 22.8 Å². The molecule has 1 aromatic heterocycles. The highest BCUT2D eigenvalue weighted by atomic mass is 32.2. The molecule has 10 heteroatoms. The predicted molar refractivity (Wildman–Crippen MR) is 128 cm³/mol. The second-order valence-electron chi connectivity index (χ2n) is 6.68. The zero-order valence-corrected chi connectivity index (χ0v) is 19.8. The molecular formula is C23H26N4O5S. The first-order valence-electron chi connectivity index (χ1n) is 9.95. The summed E-state index contributed by atoms with van der Waals surface area (Å²) in [6, 6.07) is 10.7.